The van der Waals surface area contributed by atoms with Crippen LogP contribution >= 0.6 is 0 Å². The van der Waals surface area contributed by atoms with E-state index in [0.717, 1.165) is 6.42 Å². The molecule has 0 radical (unpaired) electrons. The van der Waals surface area contributed by atoms with Crippen LogP contribution in [0.4, 0.5) is 0 Å². The van der Waals surface area contributed by atoms with Crippen LogP contribution in [-0.4, -0.2) is 81.2 Å². The smallest absolute Gasteiger partial charge is 0.310 e. The fourth-order valence-electron chi connectivity index (χ4n) is 3.24. The monoisotopic (exact) mass is 406 g/mol. The Balaban J connectivity index is 1.97. The Hall–Kier alpha value is -2.61. The van der Waals surface area contributed by atoms with Crippen LogP contribution in [0.15, 0.2) is 24.3 Å². The van der Waals surface area contributed by atoms with Crippen LogP contribution in [0.2, 0.25) is 0 Å². The Kier molecular flexibility index (Phi) is 8.92. The molecule has 1 atom stereocenters. The largest absolute Gasteiger partial charge is 0.490 e. The van der Waals surface area contributed by atoms with Gasteiger partial charge in [-0.3, -0.25) is 14.4 Å². The average molecular weight is 406 g/mol. The summed E-state index contributed by atoms with van der Waals surface area (Å²) in [7, 11) is 3.16. The number of carbonyl (C=O) groups is 3. The third-order valence-corrected chi connectivity index (χ3v) is 4.78. The van der Waals surface area contributed by atoms with E-state index in [0.29, 0.717) is 50.6 Å². The van der Waals surface area contributed by atoms with E-state index < -0.39 is 0 Å². The number of hydrogen-bond donors (Lipinski definition) is 0. The maximum Gasteiger partial charge on any atom is 0.310 e. The predicted molar refractivity (Wildman–Crippen MR) is 107 cm³/mol. The van der Waals surface area contributed by atoms with E-state index in [2.05, 4.69) is 0 Å². The first-order chi connectivity index (χ1) is 14.0. The van der Waals surface area contributed by atoms with Gasteiger partial charge in [0.2, 0.25) is 5.91 Å². The number of methoxy groups -OCH3 is 1. The Morgan fingerprint density at radius 2 is 1.97 bits per heavy atom. The van der Waals surface area contributed by atoms with Gasteiger partial charge in [0.05, 0.1) is 31.2 Å². The molecule has 8 heteroatoms. The number of ether oxygens (including phenoxy) is 3. The minimum atomic E-state index is -0.302. The molecule has 1 aromatic carbocycles. The highest BCUT2D eigenvalue weighted by atomic mass is 16.5. The summed E-state index contributed by atoms with van der Waals surface area (Å²) in [4.78, 5) is 40.5. The molecule has 160 valence electrons. The summed E-state index contributed by atoms with van der Waals surface area (Å²) >= 11 is 0. The first-order valence-electron chi connectivity index (χ1n) is 9.88. The zero-order chi connectivity index (χ0) is 21.2. The van der Waals surface area contributed by atoms with Gasteiger partial charge in [0.1, 0.15) is 12.4 Å². The highest BCUT2D eigenvalue weighted by Gasteiger charge is 2.30. The standard InChI is InChI=1S/C21H30N2O6/c1-4-28-21(26)16-8-7-11-23(14-16)19(24)15-22(2)20(25)17-9-5-6-10-18(17)29-13-12-27-3/h5-6,9-10,16H,4,7-8,11-15H2,1-3H3. The SMILES string of the molecule is CCOC(=O)C1CCCN(C(=O)CN(C)C(=O)c2ccccc2OCCOC)C1. The summed E-state index contributed by atoms with van der Waals surface area (Å²) in [6.45, 7) is 3.66. The lowest BCUT2D eigenvalue weighted by Crippen LogP contribution is -2.47. The van der Waals surface area contributed by atoms with E-state index in [4.69, 9.17) is 14.2 Å². The lowest BCUT2D eigenvalue weighted by atomic mass is 9.98. The van der Waals surface area contributed by atoms with Crippen LogP contribution in [0.25, 0.3) is 0 Å². The highest BCUT2D eigenvalue weighted by Crippen LogP contribution is 2.21. The predicted octanol–water partition coefficient (Wildman–Crippen LogP) is 1.59. The lowest BCUT2D eigenvalue weighted by molar-refractivity contribution is -0.151. The molecule has 1 heterocycles. The number of carbonyl (C=O) groups excluding carboxylic acids is 3. The van der Waals surface area contributed by atoms with Crippen molar-refractivity contribution in [2.45, 2.75) is 19.8 Å². The fourth-order valence-corrected chi connectivity index (χ4v) is 3.24. The van der Waals surface area contributed by atoms with Gasteiger partial charge in [0.15, 0.2) is 0 Å². The molecule has 29 heavy (non-hydrogen) atoms. The summed E-state index contributed by atoms with van der Waals surface area (Å²) in [5.74, 6) is -0.604. The molecule has 2 amide bonds. The summed E-state index contributed by atoms with van der Waals surface area (Å²) in [6.07, 6.45) is 1.45. The molecule has 8 nitrogen and oxygen atoms in total. The quantitative estimate of drug-likeness (QED) is 0.457. The van der Waals surface area contributed by atoms with Crippen molar-refractivity contribution in [3.63, 3.8) is 0 Å². The van der Waals surface area contributed by atoms with E-state index >= 15 is 0 Å². The van der Waals surface area contributed by atoms with Gasteiger partial charge in [-0.1, -0.05) is 12.1 Å². The van der Waals surface area contributed by atoms with Gasteiger partial charge in [0, 0.05) is 27.2 Å². The maximum atomic E-state index is 12.8. The summed E-state index contributed by atoms with van der Waals surface area (Å²) in [6, 6.07) is 6.92. The number of likely N-dealkylation sites (tertiary alicyclic amines) is 1. The molecule has 0 saturated carbocycles. The maximum absolute atomic E-state index is 12.8. The Morgan fingerprint density at radius 3 is 2.69 bits per heavy atom. The lowest BCUT2D eigenvalue weighted by Gasteiger charge is -2.32. The average Bonchev–Trinajstić information content (AvgIpc) is 2.74. The van der Waals surface area contributed by atoms with E-state index in [1.54, 1.807) is 50.2 Å². The molecule has 1 saturated heterocycles. The van der Waals surface area contributed by atoms with Crippen LogP contribution in [0.1, 0.15) is 30.1 Å². The topological polar surface area (TPSA) is 85.4 Å². The molecule has 1 unspecified atom stereocenters. The van der Waals surface area contributed by atoms with Gasteiger partial charge in [-0.25, -0.2) is 0 Å². The number of amides is 2. The Labute approximate surface area is 171 Å². The van der Waals surface area contributed by atoms with Crippen molar-refractivity contribution in [3.05, 3.63) is 29.8 Å². The number of benzene rings is 1. The van der Waals surface area contributed by atoms with Crippen molar-refractivity contribution in [3.8, 4) is 5.75 Å². The molecule has 1 fully saturated rings. The van der Waals surface area contributed by atoms with Gasteiger partial charge >= 0.3 is 5.97 Å². The summed E-state index contributed by atoms with van der Waals surface area (Å²) < 4.78 is 15.7. The van der Waals surface area contributed by atoms with E-state index in [-0.39, 0.29) is 30.2 Å². The Bertz CT molecular complexity index is 708. The van der Waals surface area contributed by atoms with Gasteiger partial charge in [-0.2, -0.15) is 0 Å². The molecular weight excluding hydrogens is 376 g/mol. The van der Waals surface area contributed by atoms with E-state index in [1.165, 1.54) is 4.90 Å². The van der Waals surface area contributed by atoms with Crippen LogP contribution in [-0.2, 0) is 19.1 Å². The third-order valence-electron chi connectivity index (χ3n) is 4.78. The molecule has 2 rings (SSSR count). The van der Waals surface area contributed by atoms with E-state index in [9.17, 15) is 14.4 Å². The summed E-state index contributed by atoms with van der Waals surface area (Å²) in [5, 5.41) is 0. The van der Waals surface area contributed by atoms with Crippen molar-refractivity contribution in [2.75, 3.05) is 53.6 Å². The zero-order valence-electron chi connectivity index (χ0n) is 17.4. The van der Waals surface area contributed by atoms with Crippen molar-refractivity contribution >= 4 is 17.8 Å². The molecular formula is C21H30N2O6. The van der Waals surface area contributed by atoms with Gasteiger partial charge in [-0.05, 0) is 31.9 Å². The van der Waals surface area contributed by atoms with Crippen molar-refractivity contribution in [1.82, 2.24) is 9.80 Å². The number of para-hydroxylation sites is 1. The molecule has 0 aliphatic carbocycles. The van der Waals surface area contributed by atoms with Gasteiger partial charge in [0.25, 0.3) is 5.91 Å². The number of likely N-dealkylation sites (N-methyl/N-ethyl adjacent to an activating group) is 1. The minimum Gasteiger partial charge on any atom is -0.490 e. The zero-order valence-corrected chi connectivity index (χ0v) is 17.4. The van der Waals surface area contributed by atoms with Crippen molar-refractivity contribution in [2.24, 2.45) is 5.92 Å². The normalized spacial score (nSPS) is 16.2. The van der Waals surface area contributed by atoms with Crippen LogP contribution < -0.4 is 4.74 Å². The van der Waals surface area contributed by atoms with Crippen LogP contribution in [0.5, 0.6) is 5.75 Å². The van der Waals surface area contributed by atoms with Crippen molar-refractivity contribution in [1.29, 1.82) is 0 Å². The first-order valence-corrected chi connectivity index (χ1v) is 9.88. The van der Waals surface area contributed by atoms with Crippen LogP contribution in [0, 0.1) is 5.92 Å². The molecule has 0 aromatic heterocycles. The van der Waals surface area contributed by atoms with Crippen LogP contribution in [0.3, 0.4) is 0 Å². The molecule has 0 bridgehead atoms. The second-order valence-electron chi connectivity index (χ2n) is 6.93. The molecule has 0 N–H and O–H groups in total. The fraction of sp³-hybridized carbons (Fsp3) is 0.571. The second-order valence-corrected chi connectivity index (χ2v) is 6.93. The number of nitrogens with zero attached hydrogens (tertiary/aromatic N) is 2. The summed E-state index contributed by atoms with van der Waals surface area (Å²) in [5.41, 5.74) is 0.391. The molecule has 1 aromatic rings. The van der Waals surface area contributed by atoms with Crippen molar-refractivity contribution < 1.29 is 28.6 Å². The number of hydrogen-bond acceptors (Lipinski definition) is 6. The van der Waals surface area contributed by atoms with Gasteiger partial charge < -0.3 is 24.0 Å². The Morgan fingerprint density at radius 1 is 1.21 bits per heavy atom. The number of rotatable bonds is 9. The van der Waals surface area contributed by atoms with E-state index in [1.807, 2.05) is 0 Å². The minimum absolute atomic E-state index is 0.0687. The number of esters is 1. The first kappa shape index (κ1) is 22.7. The van der Waals surface area contributed by atoms with Gasteiger partial charge in [-0.15, -0.1) is 0 Å². The third kappa shape index (κ3) is 6.45. The molecule has 1 aliphatic heterocycles. The second kappa shape index (κ2) is 11.4. The highest BCUT2D eigenvalue weighted by molar-refractivity contribution is 5.98. The number of piperidine rings is 1. The molecule has 1 aliphatic rings. The molecule has 0 spiro atoms.